The summed E-state index contributed by atoms with van der Waals surface area (Å²) in [6, 6.07) is 16.9. The van der Waals surface area contributed by atoms with Crippen LogP contribution in [0, 0.1) is 11.3 Å². The van der Waals surface area contributed by atoms with Crippen molar-refractivity contribution in [3.63, 3.8) is 0 Å². The van der Waals surface area contributed by atoms with Crippen molar-refractivity contribution in [1.29, 1.82) is 5.26 Å². The number of carbonyl (C=O) groups excluding carboxylic acids is 1. The maximum atomic E-state index is 12.0. The van der Waals surface area contributed by atoms with Crippen LogP contribution in [0.4, 0.5) is 0 Å². The number of hydrogen-bond acceptors (Lipinski definition) is 2. The fourth-order valence-corrected chi connectivity index (χ4v) is 2.00. The second kappa shape index (κ2) is 6.71. The highest BCUT2D eigenvalue weighted by Gasteiger charge is 2.05. The SMILES string of the molecule is CC(C)c1ccc(CNC(=O)c2ccc(C#N)cc2)cc1. The van der Waals surface area contributed by atoms with Crippen LogP contribution < -0.4 is 5.32 Å². The van der Waals surface area contributed by atoms with Gasteiger partial charge in [0.1, 0.15) is 0 Å². The van der Waals surface area contributed by atoms with E-state index < -0.39 is 0 Å². The Bertz CT molecular complexity index is 649. The lowest BCUT2D eigenvalue weighted by Gasteiger charge is -2.08. The van der Waals surface area contributed by atoms with Gasteiger partial charge in [0.2, 0.25) is 0 Å². The van der Waals surface area contributed by atoms with Crippen molar-refractivity contribution in [2.45, 2.75) is 26.3 Å². The van der Waals surface area contributed by atoms with E-state index in [1.807, 2.05) is 18.2 Å². The first kappa shape index (κ1) is 14.8. The van der Waals surface area contributed by atoms with Crippen LogP contribution in [-0.4, -0.2) is 5.91 Å². The zero-order chi connectivity index (χ0) is 15.2. The molecular weight excluding hydrogens is 260 g/mol. The predicted molar refractivity (Wildman–Crippen MR) is 82.9 cm³/mol. The average molecular weight is 278 g/mol. The van der Waals surface area contributed by atoms with Crippen LogP contribution in [0.5, 0.6) is 0 Å². The van der Waals surface area contributed by atoms with Crippen molar-refractivity contribution in [2.75, 3.05) is 0 Å². The first-order chi connectivity index (χ1) is 10.1. The minimum absolute atomic E-state index is 0.132. The Hall–Kier alpha value is -2.60. The summed E-state index contributed by atoms with van der Waals surface area (Å²) in [5, 5.41) is 11.6. The zero-order valence-electron chi connectivity index (χ0n) is 12.3. The topological polar surface area (TPSA) is 52.9 Å². The molecule has 2 aromatic rings. The highest BCUT2D eigenvalue weighted by Crippen LogP contribution is 2.14. The lowest BCUT2D eigenvalue weighted by molar-refractivity contribution is 0.0951. The predicted octanol–water partition coefficient (Wildman–Crippen LogP) is 3.61. The fourth-order valence-electron chi connectivity index (χ4n) is 2.00. The molecule has 2 aromatic carbocycles. The lowest BCUT2D eigenvalue weighted by Crippen LogP contribution is -2.22. The third-order valence-electron chi connectivity index (χ3n) is 3.38. The molecular formula is C18H18N2O. The molecule has 0 aromatic heterocycles. The van der Waals surface area contributed by atoms with Gasteiger partial charge in [-0.25, -0.2) is 0 Å². The summed E-state index contributed by atoms with van der Waals surface area (Å²) < 4.78 is 0. The van der Waals surface area contributed by atoms with Gasteiger partial charge < -0.3 is 5.32 Å². The standard InChI is InChI=1S/C18H18N2O/c1-13(2)16-7-5-15(6-8-16)12-20-18(21)17-9-3-14(11-19)4-10-17/h3-10,13H,12H2,1-2H3,(H,20,21). The summed E-state index contributed by atoms with van der Waals surface area (Å²) in [6.45, 7) is 4.81. The molecule has 0 saturated heterocycles. The summed E-state index contributed by atoms with van der Waals surface area (Å²) in [7, 11) is 0. The number of carbonyl (C=O) groups is 1. The summed E-state index contributed by atoms with van der Waals surface area (Å²) in [6.07, 6.45) is 0. The molecule has 3 nitrogen and oxygen atoms in total. The van der Waals surface area contributed by atoms with Gasteiger partial charge in [-0.15, -0.1) is 0 Å². The molecule has 21 heavy (non-hydrogen) atoms. The molecule has 0 aliphatic rings. The van der Waals surface area contributed by atoms with Crippen LogP contribution in [-0.2, 0) is 6.54 Å². The first-order valence-electron chi connectivity index (χ1n) is 6.97. The van der Waals surface area contributed by atoms with Crippen LogP contribution in [0.2, 0.25) is 0 Å². The molecule has 0 aliphatic heterocycles. The minimum atomic E-state index is -0.132. The van der Waals surface area contributed by atoms with Gasteiger partial charge in [-0.1, -0.05) is 38.1 Å². The minimum Gasteiger partial charge on any atom is -0.348 e. The third kappa shape index (κ3) is 3.93. The van der Waals surface area contributed by atoms with Crippen molar-refractivity contribution >= 4 is 5.91 Å². The second-order valence-electron chi connectivity index (χ2n) is 5.27. The third-order valence-corrected chi connectivity index (χ3v) is 3.38. The first-order valence-corrected chi connectivity index (χ1v) is 6.97. The quantitative estimate of drug-likeness (QED) is 0.928. The molecule has 0 saturated carbocycles. The van der Waals surface area contributed by atoms with Gasteiger partial charge in [0.15, 0.2) is 0 Å². The van der Waals surface area contributed by atoms with E-state index in [4.69, 9.17) is 5.26 Å². The maximum absolute atomic E-state index is 12.0. The van der Waals surface area contributed by atoms with Crippen LogP contribution in [0.15, 0.2) is 48.5 Å². The van der Waals surface area contributed by atoms with Crippen LogP contribution in [0.1, 0.15) is 46.8 Å². The Morgan fingerprint density at radius 3 is 2.24 bits per heavy atom. The zero-order valence-corrected chi connectivity index (χ0v) is 12.3. The second-order valence-corrected chi connectivity index (χ2v) is 5.27. The van der Waals surface area contributed by atoms with Gasteiger partial charge in [-0.2, -0.15) is 5.26 Å². The van der Waals surface area contributed by atoms with Crippen molar-refractivity contribution in [1.82, 2.24) is 5.32 Å². The van der Waals surface area contributed by atoms with Crippen molar-refractivity contribution in [2.24, 2.45) is 0 Å². The van der Waals surface area contributed by atoms with Gasteiger partial charge in [-0.05, 0) is 41.3 Å². The van der Waals surface area contributed by atoms with Gasteiger partial charge >= 0.3 is 0 Å². The van der Waals surface area contributed by atoms with E-state index in [-0.39, 0.29) is 5.91 Å². The highest BCUT2D eigenvalue weighted by molar-refractivity contribution is 5.94. The Morgan fingerprint density at radius 1 is 1.10 bits per heavy atom. The van der Waals surface area contributed by atoms with Crippen molar-refractivity contribution in [3.05, 3.63) is 70.8 Å². The van der Waals surface area contributed by atoms with Crippen molar-refractivity contribution in [3.8, 4) is 6.07 Å². The Balaban J connectivity index is 1.95. The smallest absolute Gasteiger partial charge is 0.251 e. The molecule has 0 radical (unpaired) electrons. The number of nitrogens with one attached hydrogen (secondary N) is 1. The highest BCUT2D eigenvalue weighted by atomic mass is 16.1. The molecule has 0 bridgehead atoms. The molecule has 0 unspecified atom stereocenters. The van der Waals surface area contributed by atoms with E-state index in [1.54, 1.807) is 24.3 Å². The van der Waals surface area contributed by atoms with Gasteiger partial charge in [-0.3, -0.25) is 4.79 Å². The number of nitriles is 1. The Kier molecular flexibility index (Phi) is 4.73. The molecule has 0 fully saturated rings. The van der Waals surface area contributed by atoms with Crippen LogP contribution in [0.3, 0.4) is 0 Å². The monoisotopic (exact) mass is 278 g/mol. The normalized spacial score (nSPS) is 10.2. The van der Waals surface area contributed by atoms with E-state index >= 15 is 0 Å². The maximum Gasteiger partial charge on any atom is 0.251 e. The van der Waals surface area contributed by atoms with Crippen LogP contribution >= 0.6 is 0 Å². The summed E-state index contributed by atoms with van der Waals surface area (Å²) in [4.78, 5) is 12.0. The molecule has 0 atom stereocenters. The Morgan fingerprint density at radius 2 is 1.71 bits per heavy atom. The number of hydrogen-bond donors (Lipinski definition) is 1. The Labute approximate surface area is 125 Å². The molecule has 2 rings (SSSR count). The van der Waals surface area contributed by atoms with Gasteiger partial charge in [0.25, 0.3) is 5.91 Å². The summed E-state index contributed by atoms with van der Waals surface area (Å²) in [5.74, 6) is 0.375. The summed E-state index contributed by atoms with van der Waals surface area (Å²) >= 11 is 0. The van der Waals surface area contributed by atoms with Gasteiger partial charge in [0, 0.05) is 12.1 Å². The fraction of sp³-hybridized carbons (Fsp3) is 0.222. The van der Waals surface area contributed by atoms with E-state index in [9.17, 15) is 4.79 Å². The molecule has 106 valence electrons. The number of nitrogens with zero attached hydrogens (tertiary/aromatic N) is 1. The molecule has 1 N–H and O–H groups in total. The largest absolute Gasteiger partial charge is 0.348 e. The van der Waals surface area contributed by atoms with Crippen LogP contribution in [0.25, 0.3) is 0 Å². The van der Waals surface area contributed by atoms with E-state index in [1.165, 1.54) is 5.56 Å². The summed E-state index contributed by atoms with van der Waals surface area (Å²) in [5.41, 5.74) is 3.47. The van der Waals surface area contributed by atoms with Gasteiger partial charge in [0.05, 0.1) is 11.6 Å². The lowest BCUT2D eigenvalue weighted by atomic mass is 10.0. The average Bonchev–Trinajstić information content (AvgIpc) is 2.53. The molecule has 1 amide bonds. The van der Waals surface area contributed by atoms with E-state index in [0.29, 0.717) is 23.6 Å². The molecule has 3 heteroatoms. The number of rotatable bonds is 4. The van der Waals surface area contributed by atoms with E-state index in [0.717, 1.165) is 5.56 Å². The number of amides is 1. The molecule has 0 heterocycles. The molecule has 0 aliphatic carbocycles. The number of benzene rings is 2. The van der Waals surface area contributed by atoms with E-state index in [2.05, 4.69) is 31.3 Å². The molecule has 0 spiro atoms. The van der Waals surface area contributed by atoms with Crippen molar-refractivity contribution < 1.29 is 4.79 Å².